The Bertz CT molecular complexity index is 708. The van der Waals surface area contributed by atoms with Crippen molar-refractivity contribution in [2.24, 2.45) is 0 Å². The van der Waals surface area contributed by atoms with Gasteiger partial charge in [-0.25, -0.2) is 4.98 Å². The summed E-state index contributed by atoms with van der Waals surface area (Å²) in [5.74, 6) is 0.604. The molecular weight excluding hydrogens is 342 g/mol. The molecule has 1 amide bonds. The molecule has 0 spiro atoms. The number of thioether (sulfide) groups is 1. The molecule has 1 aliphatic rings. The Morgan fingerprint density at radius 3 is 2.79 bits per heavy atom. The number of piperidine rings is 1. The molecule has 1 saturated heterocycles. The minimum atomic E-state index is 0.195. The molecule has 3 rings (SSSR count). The molecule has 0 saturated carbocycles. The topological polar surface area (TPSA) is 38.1 Å². The van der Waals surface area contributed by atoms with Gasteiger partial charge in [-0.1, -0.05) is 29.4 Å². The number of likely N-dealkylation sites (tertiary alicyclic amines) is 1. The predicted octanol–water partition coefficient (Wildman–Crippen LogP) is 4.41. The van der Waals surface area contributed by atoms with Crippen molar-refractivity contribution in [2.45, 2.75) is 50.4 Å². The first-order valence-corrected chi connectivity index (χ1v) is 9.66. The largest absolute Gasteiger partial charge is 0.337 e. The first-order chi connectivity index (χ1) is 11.6. The minimum Gasteiger partial charge on any atom is -0.337 e. The van der Waals surface area contributed by atoms with E-state index in [2.05, 4.69) is 18.8 Å². The van der Waals surface area contributed by atoms with Gasteiger partial charge in [0.1, 0.15) is 0 Å². The molecule has 2 unspecified atom stereocenters. The number of hydrogen-bond acceptors (Lipinski definition) is 3. The number of carbonyl (C=O) groups is 1. The Labute approximate surface area is 152 Å². The lowest BCUT2D eigenvalue weighted by Gasteiger charge is -2.39. The fourth-order valence-corrected chi connectivity index (χ4v) is 4.36. The zero-order valence-corrected chi connectivity index (χ0v) is 15.6. The molecule has 24 heavy (non-hydrogen) atoms. The molecule has 0 N–H and O–H groups in total. The molecule has 1 aromatic carbocycles. The van der Waals surface area contributed by atoms with E-state index in [4.69, 9.17) is 11.6 Å². The summed E-state index contributed by atoms with van der Waals surface area (Å²) in [6.45, 7) is 4.29. The van der Waals surface area contributed by atoms with Crippen molar-refractivity contribution in [3.05, 3.63) is 41.7 Å². The lowest BCUT2D eigenvalue weighted by molar-refractivity contribution is -0.134. The molecule has 2 atom stereocenters. The molecule has 1 fully saturated rings. The maximum absolute atomic E-state index is 12.7. The number of aromatic nitrogens is 2. The number of rotatable bonds is 4. The van der Waals surface area contributed by atoms with Gasteiger partial charge >= 0.3 is 0 Å². The van der Waals surface area contributed by atoms with Crippen LogP contribution in [0.3, 0.4) is 0 Å². The van der Waals surface area contributed by atoms with Crippen LogP contribution in [0.15, 0.2) is 41.8 Å². The monoisotopic (exact) mass is 363 g/mol. The molecule has 1 aromatic heterocycles. The summed E-state index contributed by atoms with van der Waals surface area (Å²) in [5.41, 5.74) is 0.953. The van der Waals surface area contributed by atoms with Crippen LogP contribution in [-0.2, 0) is 4.79 Å². The number of amides is 1. The fourth-order valence-electron chi connectivity index (χ4n) is 3.33. The Kier molecular flexibility index (Phi) is 5.51. The van der Waals surface area contributed by atoms with Crippen molar-refractivity contribution in [1.29, 1.82) is 0 Å². The van der Waals surface area contributed by atoms with Crippen LogP contribution in [0.4, 0.5) is 0 Å². The highest BCUT2D eigenvalue weighted by Crippen LogP contribution is 2.26. The van der Waals surface area contributed by atoms with E-state index in [-0.39, 0.29) is 5.91 Å². The van der Waals surface area contributed by atoms with Crippen molar-refractivity contribution in [2.75, 3.05) is 5.75 Å². The van der Waals surface area contributed by atoms with Crippen LogP contribution >= 0.6 is 23.4 Å². The quantitative estimate of drug-likeness (QED) is 0.755. The summed E-state index contributed by atoms with van der Waals surface area (Å²) in [6, 6.07) is 8.29. The average Bonchev–Trinajstić information content (AvgIpc) is 3.01. The fraction of sp³-hybridized carbons (Fsp3) is 0.444. The van der Waals surface area contributed by atoms with E-state index in [1.807, 2.05) is 39.9 Å². The van der Waals surface area contributed by atoms with Gasteiger partial charge < -0.3 is 4.90 Å². The second kappa shape index (κ2) is 7.62. The molecule has 1 aliphatic heterocycles. The van der Waals surface area contributed by atoms with Crippen molar-refractivity contribution >= 4 is 29.3 Å². The highest BCUT2D eigenvalue weighted by Gasteiger charge is 2.28. The van der Waals surface area contributed by atoms with Gasteiger partial charge in [-0.3, -0.25) is 9.36 Å². The van der Waals surface area contributed by atoms with Crippen molar-refractivity contribution in [3.8, 4) is 5.69 Å². The molecule has 0 aliphatic carbocycles. The zero-order chi connectivity index (χ0) is 17.1. The lowest BCUT2D eigenvalue weighted by atomic mass is 9.98. The maximum Gasteiger partial charge on any atom is 0.233 e. The Hall–Kier alpha value is -1.46. The van der Waals surface area contributed by atoms with E-state index in [9.17, 15) is 4.79 Å². The molecule has 2 aromatic rings. The van der Waals surface area contributed by atoms with Crippen LogP contribution in [0.5, 0.6) is 0 Å². The second-order valence-electron chi connectivity index (χ2n) is 6.28. The van der Waals surface area contributed by atoms with E-state index >= 15 is 0 Å². The number of halogens is 1. The smallest absolute Gasteiger partial charge is 0.233 e. The zero-order valence-electron chi connectivity index (χ0n) is 14.0. The summed E-state index contributed by atoms with van der Waals surface area (Å²) < 4.78 is 1.97. The molecule has 0 radical (unpaired) electrons. The third-order valence-electron chi connectivity index (χ3n) is 4.50. The van der Waals surface area contributed by atoms with Gasteiger partial charge in [0.15, 0.2) is 5.16 Å². The van der Waals surface area contributed by atoms with Crippen molar-refractivity contribution < 1.29 is 4.79 Å². The van der Waals surface area contributed by atoms with Gasteiger partial charge in [-0.05, 0) is 51.3 Å². The summed E-state index contributed by atoms with van der Waals surface area (Å²) >= 11 is 7.55. The standard InChI is InChI=1S/C18H22ClN3OS/c1-13-5-3-6-14(2)22(13)17(23)12-24-18-20-9-10-21(18)16-8-4-7-15(19)11-16/h4,7-11,13-14H,3,5-6,12H2,1-2H3. The van der Waals surface area contributed by atoms with Gasteiger partial charge in [0.05, 0.1) is 5.75 Å². The van der Waals surface area contributed by atoms with Crippen LogP contribution in [0.2, 0.25) is 5.02 Å². The highest BCUT2D eigenvalue weighted by atomic mass is 35.5. The van der Waals surface area contributed by atoms with Crippen LogP contribution < -0.4 is 0 Å². The molecule has 6 heteroatoms. The van der Waals surface area contributed by atoms with E-state index in [1.54, 1.807) is 6.20 Å². The Morgan fingerprint density at radius 1 is 1.33 bits per heavy atom. The lowest BCUT2D eigenvalue weighted by Crippen LogP contribution is -2.48. The van der Waals surface area contributed by atoms with Crippen LogP contribution in [0, 0.1) is 0 Å². The van der Waals surface area contributed by atoms with Crippen molar-refractivity contribution in [1.82, 2.24) is 14.5 Å². The summed E-state index contributed by atoms with van der Waals surface area (Å²) in [5, 5.41) is 1.49. The van der Waals surface area contributed by atoms with Crippen LogP contribution in [0.1, 0.15) is 33.1 Å². The van der Waals surface area contributed by atoms with Gasteiger partial charge in [0.25, 0.3) is 0 Å². The summed E-state index contributed by atoms with van der Waals surface area (Å²) in [6.07, 6.45) is 7.04. The highest BCUT2D eigenvalue weighted by molar-refractivity contribution is 7.99. The molecule has 4 nitrogen and oxygen atoms in total. The summed E-state index contributed by atoms with van der Waals surface area (Å²) in [7, 11) is 0. The normalized spacial score (nSPS) is 21.0. The van der Waals surface area contributed by atoms with E-state index < -0.39 is 0 Å². The number of carbonyl (C=O) groups excluding carboxylic acids is 1. The third kappa shape index (κ3) is 3.78. The van der Waals surface area contributed by atoms with Gasteiger partial charge in [-0.15, -0.1) is 0 Å². The first kappa shape index (κ1) is 17.4. The first-order valence-electron chi connectivity index (χ1n) is 8.29. The van der Waals surface area contributed by atoms with Gasteiger partial charge in [0, 0.05) is 35.2 Å². The van der Waals surface area contributed by atoms with Crippen LogP contribution in [-0.4, -0.2) is 38.2 Å². The second-order valence-corrected chi connectivity index (χ2v) is 7.66. The maximum atomic E-state index is 12.7. The number of imidazole rings is 1. The van der Waals surface area contributed by atoms with Crippen molar-refractivity contribution in [3.63, 3.8) is 0 Å². The van der Waals surface area contributed by atoms with Gasteiger partial charge in [-0.2, -0.15) is 0 Å². The average molecular weight is 364 g/mol. The van der Waals surface area contributed by atoms with Crippen LogP contribution in [0.25, 0.3) is 5.69 Å². The third-order valence-corrected chi connectivity index (χ3v) is 5.69. The molecule has 2 heterocycles. The van der Waals surface area contributed by atoms with E-state index in [1.165, 1.54) is 18.2 Å². The predicted molar refractivity (Wildman–Crippen MR) is 98.9 cm³/mol. The van der Waals surface area contributed by atoms with E-state index in [0.717, 1.165) is 23.7 Å². The van der Waals surface area contributed by atoms with E-state index in [0.29, 0.717) is 22.9 Å². The Morgan fingerprint density at radius 2 is 2.08 bits per heavy atom. The number of hydrogen-bond donors (Lipinski definition) is 0. The Balaban J connectivity index is 1.69. The van der Waals surface area contributed by atoms with Gasteiger partial charge in [0.2, 0.25) is 5.91 Å². The molecular formula is C18H22ClN3OS. The summed E-state index contributed by atoms with van der Waals surface area (Å²) in [4.78, 5) is 19.1. The number of benzene rings is 1. The molecule has 128 valence electrons. The number of nitrogens with zero attached hydrogens (tertiary/aromatic N) is 3. The SMILES string of the molecule is CC1CCCC(C)N1C(=O)CSc1nccn1-c1cccc(Cl)c1. The molecule has 0 bridgehead atoms. The minimum absolute atomic E-state index is 0.195.